The Morgan fingerprint density at radius 1 is 1.46 bits per heavy atom. The molecule has 0 aliphatic carbocycles. The zero-order chi connectivity index (χ0) is 10.4. The fraction of sp³-hybridized carbons (Fsp3) is 0.875. The highest BCUT2D eigenvalue weighted by molar-refractivity contribution is 5.72. The Hall–Kier alpha value is -0.710. The van der Waals surface area contributed by atoms with Crippen LogP contribution in [0.1, 0.15) is 26.2 Å². The molecule has 5 heteroatoms. The molecule has 0 saturated carbocycles. The van der Waals surface area contributed by atoms with Crippen LogP contribution in [0, 0.1) is 5.92 Å². The third-order valence-electron chi connectivity index (χ3n) is 1.99. The molecule has 2 atom stereocenters. The minimum atomic E-state index is -2.38. The first-order valence-corrected chi connectivity index (χ1v) is 4.23. The summed E-state index contributed by atoms with van der Waals surface area (Å²) in [7, 11) is 0. The van der Waals surface area contributed by atoms with Gasteiger partial charge in [0.25, 0.3) is 0 Å². The Morgan fingerprint density at radius 3 is 2.31 bits per heavy atom. The first-order chi connectivity index (χ1) is 5.97. The molecule has 0 aromatic rings. The third kappa shape index (κ3) is 5.52. The maximum Gasteiger partial charge on any atom is 0.320 e. The molecule has 0 aliphatic heterocycles. The number of alkyl halides is 2. The SMILES string of the molecule is CCC(CC(F)F)C[C@H](N)C(=O)O. The molecule has 0 amide bonds. The van der Waals surface area contributed by atoms with Crippen LogP contribution in [0.3, 0.4) is 0 Å². The predicted octanol–water partition coefficient (Wildman–Crippen LogP) is 1.47. The van der Waals surface area contributed by atoms with Gasteiger partial charge in [-0.1, -0.05) is 13.3 Å². The molecular formula is C8H15F2NO2. The molecule has 78 valence electrons. The van der Waals surface area contributed by atoms with Crippen LogP contribution in [0.25, 0.3) is 0 Å². The smallest absolute Gasteiger partial charge is 0.320 e. The van der Waals surface area contributed by atoms with Gasteiger partial charge < -0.3 is 10.8 Å². The quantitative estimate of drug-likeness (QED) is 0.674. The van der Waals surface area contributed by atoms with E-state index in [1.807, 2.05) is 0 Å². The fourth-order valence-electron chi connectivity index (χ4n) is 1.14. The van der Waals surface area contributed by atoms with Crippen molar-refractivity contribution in [2.24, 2.45) is 11.7 Å². The first kappa shape index (κ1) is 12.3. The molecule has 0 spiro atoms. The Balaban J connectivity index is 3.90. The Bertz CT molecular complexity index is 164. The van der Waals surface area contributed by atoms with Crippen molar-refractivity contribution in [3.8, 4) is 0 Å². The van der Waals surface area contributed by atoms with Crippen molar-refractivity contribution < 1.29 is 18.7 Å². The van der Waals surface area contributed by atoms with Crippen LogP contribution in [-0.4, -0.2) is 23.5 Å². The van der Waals surface area contributed by atoms with Crippen LogP contribution in [0.5, 0.6) is 0 Å². The van der Waals surface area contributed by atoms with Gasteiger partial charge in [0.05, 0.1) is 0 Å². The summed E-state index contributed by atoms with van der Waals surface area (Å²) in [6, 6.07) is -1.02. The van der Waals surface area contributed by atoms with Gasteiger partial charge in [0.2, 0.25) is 6.43 Å². The van der Waals surface area contributed by atoms with Crippen LogP contribution >= 0.6 is 0 Å². The number of halogens is 2. The number of carbonyl (C=O) groups is 1. The highest BCUT2D eigenvalue weighted by Gasteiger charge is 2.20. The van der Waals surface area contributed by atoms with Gasteiger partial charge >= 0.3 is 5.97 Å². The topological polar surface area (TPSA) is 63.3 Å². The number of nitrogens with two attached hydrogens (primary N) is 1. The summed E-state index contributed by atoms with van der Waals surface area (Å²) < 4.78 is 23.9. The number of hydrogen-bond acceptors (Lipinski definition) is 2. The van der Waals surface area contributed by atoms with Crippen molar-refractivity contribution in [2.75, 3.05) is 0 Å². The molecule has 0 bridgehead atoms. The van der Waals surface area contributed by atoms with Crippen LogP contribution in [0.15, 0.2) is 0 Å². The van der Waals surface area contributed by atoms with Crippen molar-refractivity contribution in [2.45, 2.75) is 38.7 Å². The Kier molecular flexibility index (Phi) is 5.53. The van der Waals surface area contributed by atoms with Gasteiger partial charge in [0.15, 0.2) is 0 Å². The fourth-order valence-corrected chi connectivity index (χ4v) is 1.14. The lowest BCUT2D eigenvalue weighted by atomic mass is 9.94. The van der Waals surface area contributed by atoms with Crippen LogP contribution < -0.4 is 5.73 Å². The second kappa shape index (κ2) is 5.85. The molecular weight excluding hydrogens is 180 g/mol. The third-order valence-corrected chi connectivity index (χ3v) is 1.99. The number of rotatable bonds is 6. The van der Waals surface area contributed by atoms with Crippen LogP contribution in [0.4, 0.5) is 8.78 Å². The monoisotopic (exact) mass is 195 g/mol. The lowest BCUT2D eigenvalue weighted by molar-refractivity contribution is -0.139. The number of carboxylic acids is 1. The molecule has 0 saturated heterocycles. The zero-order valence-corrected chi connectivity index (χ0v) is 7.54. The lowest BCUT2D eigenvalue weighted by Gasteiger charge is -2.16. The minimum Gasteiger partial charge on any atom is -0.480 e. The van der Waals surface area contributed by atoms with Gasteiger partial charge in [-0.3, -0.25) is 4.79 Å². The molecule has 0 aromatic carbocycles. The van der Waals surface area contributed by atoms with Crippen molar-refractivity contribution in [1.29, 1.82) is 0 Å². The molecule has 3 nitrogen and oxygen atoms in total. The summed E-state index contributed by atoms with van der Waals surface area (Å²) >= 11 is 0. The molecule has 13 heavy (non-hydrogen) atoms. The number of hydrogen-bond donors (Lipinski definition) is 2. The van der Waals surface area contributed by atoms with Crippen LogP contribution in [0.2, 0.25) is 0 Å². The summed E-state index contributed by atoms with van der Waals surface area (Å²) in [6.07, 6.45) is -2.00. The highest BCUT2D eigenvalue weighted by Crippen LogP contribution is 2.19. The van der Waals surface area contributed by atoms with Crippen LogP contribution in [-0.2, 0) is 4.79 Å². The molecule has 0 aliphatic rings. The van der Waals surface area contributed by atoms with Gasteiger partial charge in [-0.25, -0.2) is 8.78 Å². The van der Waals surface area contributed by atoms with Gasteiger partial charge in [-0.2, -0.15) is 0 Å². The average Bonchev–Trinajstić information content (AvgIpc) is 2.02. The number of carboxylic acid groups (broad SMARTS) is 1. The standard InChI is InChI=1S/C8H15F2NO2/c1-2-5(4-7(9)10)3-6(11)8(12)13/h5-7H,2-4,11H2,1H3,(H,12,13)/t5?,6-/m0/s1. The maximum absolute atomic E-state index is 11.9. The minimum absolute atomic E-state index is 0.121. The summed E-state index contributed by atoms with van der Waals surface area (Å²) in [5, 5.41) is 8.45. The number of aliphatic carboxylic acids is 1. The summed E-state index contributed by atoms with van der Waals surface area (Å²) in [4.78, 5) is 10.3. The normalized spacial score (nSPS) is 15.8. The summed E-state index contributed by atoms with van der Waals surface area (Å²) in [5.41, 5.74) is 5.22. The van der Waals surface area contributed by atoms with E-state index in [4.69, 9.17) is 10.8 Å². The van der Waals surface area contributed by atoms with E-state index in [2.05, 4.69) is 0 Å². The van der Waals surface area contributed by atoms with Gasteiger partial charge in [0.1, 0.15) is 6.04 Å². The Labute approximate surface area is 75.9 Å². The van der Waals surface area contributed by atoms with Gasteiger partial charge in [-0.05, 0) is 12.3 Å². The molecule has 0 rings (SSSR count). The average molecular weight is 195 g/mol. The van der Waals surface area contributed by atoms with Gasteiger partial charge in [-0.15, -0.1) is 0 Å². The molecule has 0 heterocycles. The first-order valence-electron chi connectivity index (χ1n) is 4.23. The maximum atomic E-state index is 11.9. The molecule has 0 aromatic heterocycles. The molecule has 3 N–H and O–H groups in total. The van der Waals surface area contributed by atoms with Gasteiger partial charge in [0, 0.05) is 6.42 Å². The van der Waals surface area contributed by atoms with E-state index in [9.17, 15) is 13.6 Å². The summed E-state index contributed by atoms with van der Waals surface area (Å²) in [6.45, 7) is 1.75. The van der Waals surface area contributed by atoms with E-state index in [1.165, 1.54) is 0 Å². The van der Waals surface area contributed by atoms with E-state index in [1.54, 1.807) is 6.92 Å². The second-order valence-electron chi connectivity index (χ2n) is 3.08. The largest absolute Gasteiger partial charge is 0.480 e. The van der Waals surface area contributed by atoms with E-state index < -0.39 is 18.4 Å². The Morgan fingerprint density at radius 2 is 2.00 bits per heavy atom. The van der Waals surface area contributed by atoms with Crippen molar-refractivity contribution >= 4 is 5.97 Å². The van der Waals surface area contributed by atoms with Crippen molar-refractivity contribution in [1.82, 2.24) is 0 Å². The van der Waals surface area contributed by atoms with E-state index in [0.717, 1.165) is 0 Å². The highest BCUT2D eigenvalue weighted by atomic mass is 19.3. The lowest BCUT2D eigenvalue weighted by Crippen LogP contribution is -2.32. The van der Waals surface area contributed by atoms with Crippen molar-refractivity contribution in [3.63, 3.8) is 0 Å². The molecule has 0 fully saturated rings. The van der Waals surface area contributed by atoms with E-state index in [0.29, 0.717) is 6.42 Å². The zero-order valence-electron chi connectivity index (χ0n) is 7.54. The molecule has 0 radical (unpaired) electrons. The summed E-state index contributed by atoms with van der Waals surface area (Å²) in [5.74, 6) is -1.43. The van der Waals surface area contributed by atoms with E-state index >= 15 is 0 Å². The predicted molar refractivity (Wildman–Crippen MR) is 44.6 cm³/mol. The van der Waals surface area contributed by atoms with E-state index in [-0.39, 0.29) is 18.8 Å². The second-order valence-corrected chi connectivity index (χ2v) is 3.08. The molecule has 1 unspecified atom stereocenters. The van der Waals surface area contributed by atoms with Crippen molar-refractivity contribution in [3.05, 3.63) is 0 Å².